The molecule has 2 aromatic rings. The molecule has 1 aliphatic carbocycles. The van der Waals surface area contributed by atoms with Crippen LogP contribution in [0, 0.1) is 6.92 Å². The van der Waals surface area contributed by atoms with Crippen LogP contribution in [0.25, 0.3) is 11.5 Å². The Morgan fingerprint density at radius 1 is 1.35 bits per heavy atom. The fourth-order valence-electron chi connectivity index (χ4n) is 2.34. The molecule has 1 N–H and O–H groups in total. The summed E-state index contributed by atoms with van der Waals surface area (Å²) >= 11 is 0. The van der Waals surface area contributed by atoms with Gasteiger partial charge in [-0.2, -0.15) is 0 Å². The summed E-state index contributed by atoms with van der Waals surface area (Å²) in [5, 5.41) is 17.3. The Kier molecular flexibility index (Phi) is 3.80. The fraction of sp³-hybridized carbons (Fsp3) is 0.467. The van der Waals surface area contributed by atoms with Crippen LogP contribution in [0.2, 0.25) is 0 Å². The van der Waals surface area contributed by atoms with Crippen LogP contribution in [-0.2, 0) is 6.54 Å². The van der Waals surface area contributed by atoms with Gasteiger partial charge >= 0.3 is 0 Å². The van der Waals surface area contributed by atoms with Crippen LogP contribution < -0.4 is 0 Å². The van der Waals surface area contributed by atoms with E-state index < -0.39 is 0 Å². The summed E-state index contributed by atoms with van der Waals surface area (Å²) in [4.78, 5) is 2.20. The molecule has 0 spiro atoms. The molecule has 5 nitrogen and oxygen atoms in total. The van der Waals surface area contributed by atoms with Gasteiger partial charge in [0, 0.05) is 18.2 Å². The summed E-state index contributed by atoms with van der Waals surface area (Å²) in [5.41, 5.74) is 2.12. The molecule has 106 valence electrons. The van der Waals surface area contributed by atoms with Gasteiger partial charge in [-0.3, -0.25) is 4.90 Å². The van der Waals surface area contributed by atoms with Gasteiger partial charge < -0.3 is 9.52 Å². The molecule has 5 heteroatoms. The number of aromatic nitrogens is 2. The van der Waals surface area contributed by atoms with Crippen molar-refractivity contribution in [2.24, 2.45) is 0 Å². The summed E-state index contributed by atoms with van der Waals surface area (Å²) < 4.78 is 5.73. The number of aryl methyl sites for hydroxylation is 1. The quantitative estimate of drug-likeness (QED) is 0.872. The van der Waals surface area contributed by atoms with Crippen molar-refractivity contribution in [3.63, 3.8) is 0 Å². The predicted molar refractivity (Wildman–Crippen MR) is 75.0 cm³/mol. The minimum absolute atomic E-state index is 0.162. The first-order valence-electron chi connectivity index (χ1n) is 7.00. The molecule has 1 aromatic heterocycles. The summed E-state index contributed by atoms with van der Waals surface area (Å²) in [7, 11) is 0. The van der Waals surface area contributed by atoms with Gasteiger partial charge in [0.25, 0.3) is 0 Å². The zero-order valence-electron chi connectivity index (χ0n) is 11.6. The number of aliphatic hydroxyl groups excluding tert-OH is 1. The van der Waals surface area contributed by atoms with Crippen LogP contribution in [0.1, 0.15) is 24.3 Å². The lowest BCUT2D eigenvalue weighted by atomic mass is 10.1. The van der Waals surface area contributed by atoms with Gasteiger partial charge in [0.1, 0.15) is 0 Å². The maximum Gasteiger partial charge on any atom is 0.247 e. The monoisotopic (exact) mass is 273 g/mol. The Balaban J connectivity index is 1.73. The number of rotatable bonds is 6. The Morgan fingerprint density at radius 3 is 2.90 bits per heavy atom. The molecule has 1 fully saturated rings. The second-order valence-electron chi connectivity index (χ2n) is 5.30. The van der Waals surface area contributed by atoms with Crippen molar-refractivity contribution >= 4 is 0 Å². The fourth-order valence-corrected chi connectivity index (χ4v) is 2.34. The van der Waals surface area contributed by atoms with E-state index in [2.05, 4.69) is 15.1 Å². The standard InChI is InChI=1S/C15H19N3O2/c1-11-3-2-4-12(9-11)15-17-16-14(20-15)10-18(7-8-19)13-5-6-13/h2-4,9,13,19H,5-8,10H2,1H3. The van der Waals surface area contributed by atoms with Crippen LogP contribution in [0.5, 0.6) is 0 Å². The second kappa shape index (κ2) is 5.73. The number of hydrogen-bond donors (Lipinski definition) is 1. The van der Waals surface area contributed by atoms with Crippen LogP contribution >= 0.6 is 0 Å². The highest BCUT2D eigenvalue weighted by Gasteiger charge is 2.29. The third kappa shape index (κ3) is 3.05. The first kappa shape index (κ1) is 13.3. The van der Waals surface area contributed by atoms with E-state index in [4.69, 9.17) is 9.52 Å². The second-order valence-corrected chi connectivity index (χ2v) is 5.30. The van der Waals surface area contributed by atoms with Gasteiger partial charge in [-0.15, -0.1) is 10.2 Å². The lowest BCUT2D eigenvalue weighted by Crippen LogP contribution is -2.28. The number of hydrogen-bond acceptors (Lipinski definition) is 5. The van der Waals surface area contributed by atoms with E-state index in [-0.39, 0.29) is 6.61 Å². The van der Waals surface area contributed by atoms with E-state index in [0.717, 1.165) is 5.56 Å². The lowest BCUT2D eigenvalue weighted by Gasteiger charge is -2.17. The van der Waals surface area contributed by atoms with Crippen molar-refractivity contribution in [1.82, 2.24) is 15.1 Å². The van der Waals surface area contributed by atoms with E-state index in [0.29, 0.717) is 30.9 Å². The van der Waals surface area contributed by atoms with Crippen molar-refractivity contribution in [1.29, 1.82) is 0 Å². The third-order valence-electron chi connectivity index (χ3n) is 3.52. The molecule has 1 saturated carbocycles. The Morgan fingerprint density at radius 2 is 2.20 bits per heavy atom. The molecule has 0 atom stereocenters. The first-order chi connectivity index (χ1) is 9.76. The van der Waals surface area contributed by atoms with Crippen molar-refractivity contribution in [2.45, 2.75) is 32.4 Å². The van der Waals surface area contributed by atoms with Gasteiger partial charge in [0.05, 0.1) is 13.2 Å². The summed E-state index contributed by atoms with van der Waals surface area (Å²) in [5.74, 6) is 1.17. The van der Waals surface area contributed by atoms with Crippen LogP contribution in [0.15, 0.2) is 28.7 Å². The minimum Gasteiger partial charge on any atom is -0.419 e. The van der Waals surface area contributed by atoms with E-state index >= 15 is 0 Å². The molecular weight excluding hydrogens is 254 g/mol. The molecule has 0 saturated heterocycles. The first-order valence-corrected chi connectivity index (χ1v) is 7.00. The Labute approximate surface area is 118 Å². The largest absolute Gasteiger partial charge is 0.419 e. The smallest absolute Gasteiger partial charge is 0.247 e. The minimum atomic E-state index is 0.162. The molecule has 0 bridgehead atoms. The van der Waals surface area contributed by atoms with Crippen LogP contribution in [-0.4, -0.2) is 39.4 Å². The van der Waals surface area contributed by atoms with E-state index in [1.165, 1.54) is 18.4 Å². The van der Waals surface area contributed by atoms with Crippen molar-refractivity contribution in [2.75, 3.05) is 13.2 Å². The lowest BCUT2D eigenvalue weighted by molar-refractivity contribution is 0.172. The predicted octanol–water partition coefficient (Wildman–Crippen LogP) is 2.00. The molecule has 1 aromatic carbocycles. The maximum absolute atomic E-state index is 9.10. The molecule has 1 aliphatic rings. The molecule has 20 heavy (non-hydrogen) atoms. The highest BCUT2D eigenvalue weighted by molar-refractivity contribution is 5.53. The average Bonchev–Trinajstić information content (AvgIpc) is 3.18. The van der Waals surface area contributed by atoms with E-state index in [1.54, 1.807) is 0 Å². The SMILES string of the molecule is Cc1cccc(-c2nnc(CN(CCO)C3CC3)o2)c1. The molecule has 0 amide bonds. The Bertz CT molecular complexity index is 578. The van der Waals surface area contributed by atoms with E-state index in [1.807, 2.05) is 31.2 Å². The molecule has 0 unspecified atom stereocenters. The zero-order valence-corrected chi connectivity index (χ0v) is 11.6. The van der Waals surface area contributed by atoms with Crippen molar-refractivity contribution < 1.29 is 9.52 Å². The number of aliphatic hydroxyl groups is 1. The summed E-state index contributed by atoms with van der Waals surface area (Å²) in [6, 6.07) is 8.59. The molecular formula is C15H19N3O2. The van der Waals surface area contributed by atoms with Crippen molar-refractivity contribution in [3.8, 4) is 11.5 Å². The number of benzene rings is 1. The van der Waals surface area contributed by atoms with Crippen LogP contribution in [0.3, 0.4) is 0 Å². The van der Waals surface area contributed by atoms with Crippen LogP contribution in [0.4, 0.5) is 0 Å². The van der Waals surface area contributed by atoms with Gasteiger partial charge in [-0.05, 0) is 31.9 Å². The van der Waals surface area contributed by atoms with E-state index in [9.17, 15) is 0 Å². The molecule has 0 radical (unpaired) electrons. The average molecular weight is 273 g/mol. The molecule has 3 rings (SSSR count). The van der Waals surface area contributed by atoms with Gasteiger partial charge in [0.15, 0.2) is 0 Å². The third-order valence-corrected chi connectivity index (χ3v) is 3.52. The topological polar surface area (TPSA) is 62.4 Å². The van der Waals surface area contributed by atoms with Gasteiger partial charge in [-0.1, -0.05) is 17.7 Å². The normalized spacial score (nSPS) is 14.9. The Hall–Kier alpha value is -1.72. The molecule has 0 aliphatic heterocycles. The highest BCUT2D eigenvalue weighted by Crippen LogP contribution is 2.28. The molecule has 1 heterocycles. The maximum atomic E-state index is 9.10. The highest BCUT2D eigenvalue weighted by atomic mass is 16.4. The summed E-state index contributed by atoms with van der Waals surface area (Å²) in [6.45, 7) is 3.48. The number of nitrogens with zero attached hydrogens (tertiary/aromatic N) is 3. The summed E-state index contributed by atoms with van der Waals surface area (Å²) in [6.07, 6.45) is 2.39. The zero-order chi connectivity index (χ0) is 13.9. The van der Waals surface area contributed by atoms with Gasteiger partial charge in [0.2, 0.25) is 11.8 Å². The van der Waals surface area contributed by atoms with Gasteiger partial charge in [-0.25, -0.2) is 0 Å². The van der Waals surface area contributed by atoms with Crippen molar-refractivity contribution in [3.05, 3.63) is 35.7 Å².